The minimum atomic E-state index is -4.39. The van der Waals surface area contributed by atoms with Crippen molar-refractivity contribution in [3.05, 3.63) is 29.6 Å². The van der Waals surface area contributed by atoms with Crippen LogP contribution in [0.3, 0.4) is 0 Å². The SMILES string of the molecule is CCCC[C@H]1CC[C@H]([C@H]2CC[C@H](C#Cc3ccc(C(F)(F)F)nc3)CC2)CC1. The molecular formula is C24H32F3N. The second-order valence-corrected chi connectivity index (χ2v) is 8.73. The average Bonchev–Trinajstić information content (AvgIpc) is 2.71. The van der Waals surface area contributed by atoms with Gasteiger partial charge in [0.1, 0.15) is 5.69 Å². The van der Waals surface area contributed by atoms with E-state index < -0.39 is 11.9 Å². The number of nitrogens with zero attached hydrogens (tertiary/aromatic N) is 1. The van der Waals surface area contributed by atoms with Gasteiger partial charge in [-0.15, -0.1) is 0 Å². The lowest BCUT2D eigenvalue weighted by molar-refractivity contribution is -0.141. The summed E-state index contributed by atoms with van der Waals surface area (Å²) in [4.78, 5) is 3.48. The topological polar surface area (TPSA) is 12.9 Å². The van der Waals surface area contributed by atoms with Crippen molar-refractivity contribution in [1.29, 1.82) is 0 Å². The molecule has 0 N–H and O–H groups in total. The van der Waals surface area contributed by atoms with Crippen LogP contribution in [0.2, 0.25) is 0 Å². The van der Waals surface area contributed by atoms with E-state index in [1.807, 2.05) is 0 Å². The Morgan fingerprint density at radius 1 is 0.964 bits per heavy atom. The van der Waals surface area contributed by atoms with Crippen molar-refractivity contribution < 1.29 is 13.2 Å². The average molecular weight is 392 g/mol. The van der Waals surface area contributed by atoms with E-state index in [-0.39, 0.29) is 0 Å². The molecule has 2 aliphatic carbocycles. The van der Waals surface area contributed by atoms with Crippen LogP contribution in [0.1, 0.15) is 88.8 Å². The predicted molar refractivity (Wildman–Crippen MR) is 107 cm³/mol. The molecule has 0 unspecified atom stereocenters. The first kappa shape index (κ1) is 21.2. The van der Waals surface area contributed by atoms with Crippen LogP contribution >= 0.6 is 0 Å². The van der Waals surface area contributed by atoms with E-state index in [0.29, 0.717) is 11.5 Å². The number of rotatable bonds is 4. The molecule has 1 aromatic heterocycles. The number of alkyl halides is 3. The van der Waals surface area contributed by atoms with Gasteiger partial charge in [0.05, 0.1) is 0 Å². The van der Waals surface area contributed by atoms with E-state index in [0.717, 1.165) is 36.7 Å². The summed E-state index contributed by atoms with van der Waals surface area (Å²) in [6.45, 7) is 2.28. The number of unbranched alkanes of at least 4 members (excludes halogenated alkanes) is 1. The zero-order valence-corrected chi connectivity index (χ0v) is 16.9. The van der Waals surface area contributed by atoms with Crippen molar-refractivity contribution in [2.24, 2.45) is 23.7 Å². The van der Waals surface area contributed by atoms with E-state index in [2.05, 4.69) is 23.7 Å². The maximum atomic E-state index is 12.6. The number of pyridine rings is 1. The fraction of sp³-hybridized carbons (Fsp3) is 0.708. The monoisotopic (exact) mass is 391 g/mol. The summed E-state index contributed by atoms with van der Waals surface area (Å²) < 4.78 is 37.7. The van der Waals surface area contributed by atoms with Crippen molar-refractivity contribution >= 4 is 0 Å². The number of halogens is 3. The third-order valence-corrected chi connectivity index (χ3v) is 6.77. The predicted octanol–water partition coefficient (Wildman–Crippen LogP) is 7.25. The second-order valence-electron chi connectivity index (χ2n) is 8.73. The van der Waals surface area contributed by atoms with Gasteiger partial charge in [-0.05, 0) is 68.4 Å². The van der Waals surface area contributed by atoms with Gasteiger partial charge in [0.15, 0.2) is 0 Å². The van der Waals surface area contributed by atoms with Gasteiger partial charge in [0.25, 0.3) is 0 Å². The summed E-state index contributed by atoms with van der Waals surface area (Å²) in [5.74, 6) is 9.42. The molecule has 28 heavy (non-hydrogen) atoms. The molecule has 0 spiro atoms. The second kappa shape index (κ2) is 9.81. The van der Waals surface area contributed by atoms with Crippen molar-refractivity contribution in [3.63, 3.8) is 0 Å². The van der Waals surface area contributed by atoms with Crippen LogP contribution in [0.4, 0.5) is 13.2 Å². The number of hydrogen-bond acceptors (Lipinski definition) is 1. The minimum absolute atomic E-state index is 0.374. The normalized spacial score (nSPS) is 28.4. The molecule has 0 bridgehead atoms. The van der Waals surface area contributed by atoms with Gasteiger partial charge in [0.2, 0.25) is 0 Å². The zero-order chi connectivity index (χ0) is 20.0. The van der Waals surface area contributed by atoms with Gasteiger partial charge in [-0.25, -0.2) is 0 Å². The van der Waals surface area contributed by atoms with Gasteiger partial charge in [-0.1, -0.05) is 50.9 Å². The van der Waals surface area contributed by atoms with Crippen molar-refractivity contribution in [2.45, 2.75) is 83.7 Å². The lowest BCUT2D eigenvalue weighted by Gasteiger charge is -2.37. The Balaban J connectivity index is 1.43. The Hall–Kier alpha value is -1.50. The molecule has 0 aromatic carbocycles. The molecule has 0 saturated heterocycles. The van der Waals surface area contributed by atoms with Crippen molar-refractivity contribution in [1.82, 2.24) is 4.98 Å². The maximum absolute atomic E-state index is 12.6. The summed E-state index contributed by atoms with van der Waals surface area (Å²) in [7, 11) is 0. The first-order valence-corrected chi connectivity index (χ1v) is 11.0. The van der Waals surface area contributed by atoms with Crippen LogP contribution in [0.25, 0.3) is 0 Å². The molecule has 0 aliphatic heterocycles. The Morgan fingerprint density at radius 2 is 1.61 bits per heavy atom. The summed E-state index contributed by atoms with van der Waals surface area (Å²) in [5.41, 5.74) is -0.288. The smallest absolute Gasteiger partial charge is 0.250 e. The minimum Gasteiger partial charge on any atom is -0.250 e. The van der Waals surface area contributed by atoms with Crippen LogP contribution in [0, 0.1) is 35.5 Å². The van der Waals surface area contributed by atoms with Gasteiger partial charge in [-0.3, -0.25) is 4.98 Å². The third kappa shape index (κ3) is 6.00. The summed E-state index contributed by atoms with van der Waals surface area (Å²) in [5, 5.41) is 0. The molecule has 2 aliphatic rings. The zero-order valence-electron chi connectivity index (χ0n) is 16.9. The summed E-state index contributed by atoms with van der Waals surface area (Å²) in [6, 6.07) is 2.43. The highest BCUT2D eigenvalue weighted by atomic mass is 19.4. The lowest BCUT2D eigenvalue weighted by atomic mass is 9.69. The Morgan fingerprint density at radius 3 is 2.14 bits per heavy atom. The fourth-order valence-electron chi connectivity index (χ4n) is 5.00. The molecule has 3 rings (SSSR count). The largest absolute Gasteiger partial charge is 0.433 e. The summed E-state index contributed by atoms with van der Waals surface area (Å²) >= 11 is 0. The third-order valence-electron chi connectivity index (χ3n) is 6.77. The Bertz CT molecular complexity index is 652. The molecule has 0 amide bonds. The fourth-order valence-corrected chi connectivity index (χ4v) is 5.00. The molecule has 4 heteroatoms. The number of hydrogen-bond donors (Lipinski definition) is 0. The van der Waals surface area contributed by atoms with E-state index in [1.54, 1.807) is 0 Å². The summed E-state index contributed by atoms with van der Waals surface area (Å²) in [6.07, 6.45) is 11.4. The Labute approximate surface area is 167 Å². The van der Waals surface area contributed by atoms with Crippen LogP contribution in [0.5, 0.6) is 0 Å². The van der Waals surface area contributed by atoms with Crippen molar-refractivity contribution in [3.8, 4) is 11.8 Å². The molecule has 0 radical (unpaired) electrons. The lowest BCUT2D eigenvalue weighted by Crippen LogP contribution is -2.25. The van der Waals surface area contributed by atoms with Gasteiger partial charge < -0.3 is 0 Å². The standard InChI is InChI=1S/C24H32F3N/c1-2-3-4-18-7-12-21(13-8-18)22-14-9-19(10-15-22)5-6-20-11-16-23(28-17-20)24(25,26)27/h11,16-19,21-22H,2-4,7-10,12-15H2,1H3/t18-,19-,21-,22-. The van der Waals surface area contributed by atoms with E-state index in [4.69, 9.17) is 0 Å². The van der Waals surface area contributed by atoms with Crippen LogP contribution in [-0.2, 0) is 6.18 Å². The van der Waals surface area contributed by atoms with E-state index in [9.17, 15) is 13.2 Å². The van der Waals surface area contributed by atoms with Crippen LogP contribution < -0.4 is 0 Å². The number of aromatic nitrogens is 1. The van der Waals surface area contributed by atoms with E-state index >= 15 is 0 Å². The molecule has 0 atom stereocenters. The quantitative estimate of drug-likeness (QED) is 0.492. The molecule has 1 nitrogen and oxygen atoms in total. The molecule has 2 saturated carbocycles. The van der Waals surface area contributed by atoms with Crippen LogP contribution in [0.15, 0.2) is 18.3 Å². The van der Waals surface area contributed by atoms with Crippen molar-refractivity contribution in [2.75, 3.05) is 0 Å². The highest BCUT2D eigenvalue weighted by Crippen LogP contribution is 2.42. The highest BCUT2D eigenvalue weighted by Gasteiger charge is 2.32. The Kier molecular flexibility index (Phi) is 7.43. The van der Waals surface area contributed by atoms with E-state index in [1.165, 1.54) is 70.1 Å². The maximum Gasteiger partial charge on any atom is 0.433 e. The molecule has 154 valence electrons. The molecular weight excluding hydrogens is 359 g/mol. The highest BCUT2D eigenvalue weighted by molar-refractivity contribution is 5.33. The molecule has 1 heterocycles. The first-order valence-electron chi connectivity index (χ1n) is 11.0. The molecule has 1 aromatic rings. The first-order chi connectivity index (χ1) is 13.5. The van der Waals surface area contributed by atoms with Gasteiger partial charge >= 0.3 is 6.18 Å². The molecule has 2 fully saturated rings. The van der Waals surface area contributed by atoms with Crippen LogP contribution in [-0.4, -0.2) is 4.98 Å². The van der Waals surface area contributed by atoms with Gasteiger partial charge in [-0.2, -0.15) is 13.2 Å². The van der Waals surface area contributed by atoms with Gasteiger partial charge in [0, 0.05) is 17.7 Å².